The molecule has 0 saturated heterocycles. The first-order chi connectivity index (χ1) is 28.2. The number of nitrogens with zero attached hydrogens (tertiary/aromatic N) is 1. The summed E-state index contributed by atoms with van der Waals surface area (Å²) in [5.74, 6) is 0. The van der Waals surface area contributed by atoms with E-state index in [1.54, 1.807) is 11.8 Å². The van der Waals surface area contributed by atoms with Crippen LogP contribution in [-0.2, 0) is 9.98 Å². The summed E-state index contributed by atoms with van der Waals surface area (Å²) < 4.78 is 18.1. The Kier molecular flexibility index (Phi) is 7.96. The van der Waals surface area contributed by atoms with Crippen LogP contribution in [0.4, 0.5) is 0 Å². The summed E-state index contributed by atoms with van der Waals surface area (Å²) in [7, 11) is -3.18. The summed E-state index contributed by atoms with van der Waals surface area (Å²) >= 11 is 1.78. The van der Waals surface area contributed by atoms with Crippen molar-refractivity contribution >= 4 is 67.4 Å². The summed E-state index contributed by atoms with van der Waals surface area (Å²) in [6.07, 6.45) is 0. The van der Waals surface area contributed by atoms with Gasteiger partial charge in [0, 0.05) is 36.5 Å². The Labute approximate surface area is 336 Å². The molecule has 270 valence electrons. The summed E-state index contributed by atoms with van der Waals surface area (Å²) in [4.78, 5) is 2.39. The largest absolute Gasteiger partial charge is 0.309 e. The highest BCUT2D eigenvalue weighted by molar-refractivity contribution is 7.99. The van der Waals surface area contributed by atoms with Gasteiger partial charge in [-0.3, -0.25) is 0 Å². The number of hydrogen-bond acceptors (Lipinski definition) is 2. The summed E-state index contributed by atoms with van der Waals surface area (Å²) in [5.41, 5.74) is 7.64. The van der Waals surface area contributed by atoms with Crippen molar-refractivity contribution in [3.63, 3.8) is 0 Å². The molecule has 1 aromatic heterocycles. The minimum absolute atomic E-state index is 0.686. The van der Waals surface area contributed by atoms with Gasteiger partial charge in [0.25, 0.3) is 0 Å². The van der Waals surface area contributed by atoms with E-state index < -0.39 is 12.6 Å². The van der Waals surface area contributed by atoms with Crippen LogP contribution in [0.1, 0.15) is 22.3 Å². The second-order valence-electron chi connectivity index (χ2n) is 14.8. The Morgan fingerprint density at radius 2 is 0.947 bits per heavy atom. The lowest BCUT2D eigenvalue weighted by molar-refractivity contribution is 0.592. The van der Waals surface area contributed by atoms with Crippen molar-refractivity contribution in [1.82, 2.24) is 4.57 Å². The fraction of sp³-hybridized carbons (Fsp3) is 0.0189. The molecule has 10 aromatic rings. The first kappa shape index (κ1) is 33.9. The third-order valence-corrected chi connectivity index (χ3v) is 15.9. The van der Waals surface area contributed by atoms with Gasteiger partial charge in [0.05, 0.1) is 22.1 Å². The number of aromatic nitrogens is 1. The lowest BCUT2D eigenvalue weighted by Crippen LogP contribution is -2.35. The highest BCUT2D eigenvalue weighted by atomic mass is 32.2. The van der Waals surface area contributed by atoms with Gasteiger partial charge in [-0.05, 0) is 69.4 Å². The van der Waals surface area contributed by atoms with Crippen LogP contribution in [0, 0.1) is 0 Å². The molecule has 2 heterocycles. The average Bonchev–Trinajstić information content (AvgIpc) is 3.64. The van der Waals surface area contributed by atoms with Crippen molar-refractivity contribution in [3.8, 4) is 5.69 Å². The molecule has 1 unspecified atom stereocenters. The highest BCUT2D eigenvalue weighted by Crippen LogP contribution is 2.55. The Bertz CT molecular complexity index is 3110. The predicted molar refractivity (Wildman–Crippen MR) is 240 cm³/mol. The fourth-order valence-electron chi connectivity index (χ4n) is 9.35. The van der Waals surface area contributed by atoms with Gasteiger partial charge in [-0.25, -0.2) is 0 Å². The van der Waals surface area contributed by atoms with Gasteiger partial charge in [0.1, 0.15) is 0 Å². The van der Waals surface area contributed by atoms with Gasteiger partial charge in [-0.2, -0.15) is 0 Å². The monoisotopic (exact) mass is 765 g/mol. The zero-order chi connectivity index (χ0) is 38.0. The molecule has 4 heteroatoms. The van der Waals surface area contributed by atoms with Gasteiger partial charge >= 0.3 is 0 Å². The molecule has 0 fully saturated rings. The van der Waals surface area contributed by atoms with Crippen LogP contribution >= 0.6 is 18.9 Å². The van der Waals surface area contributed by atoms with Crippen LogP contribution in [0.15, 0.2) is 228 Å². The van der Waals surface area contributed by atoms with Gasteiger partial charge in [0.2, 0.25) is 0 Å². The molecule has 1 atom stereocenters. The van der Waals surface area contributed by atoms with Crippen molar-refractivity contribution in [2.24, 2.45) is 0 Å². The average molecular weight is 766 g/mol. The Morgan fingerprint density at radius 1 is 0.421 bits per heavy atom. The smallest absolute Gasteiger partial charge is 0.171 e. The number of rotatable bonds is 7. The Balaban J connectivity index is 1.20. The first-order valence-corrected chi connectivity index (χ1v) is 21.9. The van der Waals surface area contributed by atoms with Crippen molar-refractivity contribution in [1.29, 1.82) is 0 Å². The van der Waals surface area contributed by atoms with Gasteiger partial charge in [-0.1, -0.05) is 194 Å². The first-order valence-electron chi connectivity index (χ1n) is 19.4. The molecule has 1 aliphatic heterocycles. The van der Waals surface area contributed by atoms with Crippen LogP contribution < -0.4 is 15.9 Å². The zero-order valence-electron chi connectivity index (χ0n) is 31.0. The molecule has 0 radical (unpaired) electrons. The molecule has 11 rings (SSSR count). The van der Waals surface area contributed by atoms with E-state index in [1.165, 1.54) is 59.1 Å². The Hall–Kier alpha value is -6.38. The summed E-state index contributed by atoms with van der Waals surface area (Å²) in [6, 6.07) is 77.4. The standard InChI is InChI=1S/C53H36NOPS/c55-56(40-16-4-1-5-17-40,41-18-6-2-7-19-41)42-32-28-38(29-33-42)53(39-30-34-44(35-31-39)57-43-20-8-3-9-21-43)47-24-12-13-26-49(47)54-50-36-27-37-15-10-11-22-45(37)51(50)46-23-14-25-48(53)52(46)54/h1-36H. The van der Waals surface area contributed by atoms with Crippen LogP contribution in [0.5, 0.6) is 0 Å². The molecule has 57 heavy (non-hydrogen) atoms. The van der Waals surface area contributed by atoms with E-state index in [0.717, 1.165) is 27.2 Å². The van der Waals surface area contributed by atoms with Gasteiger partial charge < -0.3 is 9.13 Å². The van der Waals surface area contributed by atoms with E-state index in [2.05, 4.69) is 162 Å². The number of fused-ring (bicyclic) bond motifs is 7. The van der Waals surface area contributed by atoms with Crippen LogP contribution in [-0.4, -0.2) is 4.57 Å². The Morgan fingerprint density at radius 3 is 1.65 bits per heavy atom. The predicted octanol–water partition coefficient (Wildman–Crippen LogP) is 12.4. The third kappa shape index (κ3) is 5.09. The van der Waals surface area contributed by atoms with E-state index in [-0.39, 0.29) is 0 Å². The number of hydrogen-bond donors (Lipinski definition) is 0. The third-order valence-electron chi connectivity index (χ3n) is 11.8. The minimum Gasteiger partial charge on any atom is -0.309 e. The molecule has 2 nitrogen and oxygen atoms in total. The molecule has 0 N–H and O–H groups in total. The van der Waals surface area contributed by atoms with E-state index in [9.17, 15) is 0 Å². The quantitative estimate of drug-likeness (QED) is 0.151. The van der Waals surface area contributed by atoms with E-state index in [4.69, 9.17) is 0 Å². The molecular weight excluding hydrogens is 730 g/mol. The highest BCUT2D eigenvalue weighted by Gasteiger charge is 2.45. The van der Waals surface area contributed by atoms with Crippen LogP contribution in [0.25, 0.3) is 38.3 Å². The van der Waals surface area contributed by atoms with Crippen molar-refractivity contribution < 1.29 is 4.57 Å². The molecule has 0 spiro atoms. The van der Waals surface area contributed by atoms with Gasteiger partial charge in [-0.15, -0.1) is 0 Å². The topological polar surface area (TPSA) is 22.0 Å². The molecule has 9 aromatic carbocycles. The van der Waals surface area contributed by atoms with Gasteiger partial charge in [0.15, 0.2) is 7.14 Å². The molecular formula is C53H36NOPS. The number of para-hydroxylation sites is 2. The molecule has 1 aliphatic rings. The maximum Gasteiger partial charge on any atom is 0.171 e. The molecule has 0 bridgehead atoms. The molecule has 0 saturated carbocycles. The maximum absolute atomic E-state index is 15.6. The van der Waals surface area contributed by atoms with E-state index >= 15 is 4.57 Å². The number of benzene rings is 9. The van der Waals surface area contributed by atoms with Crippen molar-refractivity contribution in [2.75, 3.05) is 0 Å². The SMILES string of the molecule is O=P(c1ccccc1)(c1ccccc1)c1ccc(C2(c3ccc(Sc4ccccc4)cc3)c3ccccc3-n3c4ccc5ccccc5c4c4cccc2c43)cc1. The van der Waals surface area contributed by atoms with Crippen molar-refractivity contribution in [2.45, 2.75) is 15.2 Å². The fourth-order valence-corrected chi connectivity index (χ4v) is 12.8. The van der Waals surface area contributed by atoms with Crippen LogP contribution in [0.3, 0.4) is 0 Å². The molecule has 0 amide bonds. The lowest BCUT2D eigenvalue weighted by Gasteiger charge is -2.42. The summed E-state index contributed by atoms with van der Waals surface area (Å²) in [6.45, 7) is 0. The second-order valence-corrected chi connectivity index (χ2v) is 18.7. The van der Waals surface area contributed by atoms with E-state index in [0.29, 0.717) is 0 Å². The minimum atomic E-state index is -3.18. The maximum atomic E-state index is 15.6. The van der Waals surface area contributed by atoms with Crippen molar-refractivity contribution in [3.05, 3.63) is 241 Å². The second kappa shape index (κ2) is 13.4. The lowest BCUT2D eigenvalue weighted by atomic mass is 9.63. The van der Waals surface area contributed by atoms with Crippen LogP contribution in [0.2, 0.25) is 0 Å². The molecule has 0 aliphatic carbocycles. The van der Waals surface area contributed by atoms with E-state index in [1.807, 2.05) is 60.7 Å². The zero-order valence-corrected chi connectivity index (χ0v) is 32.7. The summed E-state index contributed by atoms with van der Waals surface area (Å²) in [5, 5.41) is 7.47. The normalized spacial score (nSPS) is 14.9.